The zero-order valence-electron chi connectivity index (χ0n) is 14.9. The summed E-state index contributed by atoms with van der Waals surface area (Å²) in [6.07, 6.45) is 7.01. The second-order valence-electron chi connectivity index (χ2n) is 5.99. The summed E-state index contributed by atoms with van der Waals surface area (Å²) in [5.41, 5.74) is 5.02. The molecular weight excluding hydrogens is 284 g/mol. The number of rotatable bonds is 6. The summed E-state index contributed by atoms with van der Waals surface area (Å²) in [6, 6.07) is 6.39. The van der Waals surface area contributed by atoms with E-state index in [0.29, 0.717) is 0 Å². The van der Waals surface area contributed by atoms with Gasteiger partial charge in [0.1, 0.15) is 5.75 Å². The van der Waals surface area contributed by atoms with Crippen LogP contribution in [0.15, 0.2) is 54.4 Å². The molecule has 0 radical (unpaired) electrons. The van der Waals surface area contributed by atoms with E-state index < -0.39 is 0 Å². The number of fused-ring (bicyclic) bond motifs is 1. The lowest BCUT2D eigenvalue weighted by atomic mass is 9.77. The summed E-state index contributed by atoms with van der Waals surface area (Å²) in [4.78, 5) is 2.40. The normalized spacial score (nSPS) is 22.2. The van der Waals surface area contributed by atoms with Gasteiger partial charge in [-0.3, -0.25) is 0 Å². The highest BCUT2D eigenvalue weighted by Crippen LogP contribution is 2.51. The summed E-state index contributed by atoms with van der Waals surface area (Å²) < 4.78 is 5.46. The topological polar surface area (TPSA) is 24.5 Å². The first-order chi connectivity index (χ1) is 11.0. The van der Waals surface area contributed by atoms with Crippen LogP contribution in [-0.2, 0) is 5.41 Å². The molecule has 3 heteroatoms. The molecule has 124 valence electrons. The Balaban J connectivity index is 2.61. The Labute approximate surface area is 140 Å². The van der Waals surface area contributed by atoms with Crippen molar-refractivity contribution in [3.05, 3.63) is 60.0 Å². The van der Waals surface area contributed by atoms with E-state index in [-0.39, 0.29) is 5.41 Å². The number of hydrogen-bond acceptors (Lipinski definition) is 3. The van der Waals surface area contributed by atoms with Crippen LogP contribution in [-0.4, -0.2) is 20.7 Å². The molecule has 3 nitrogen and oxygen atoms in total. The van der Waals surface area contributed by atoms with Crippen molar-refractivity contribution in [3.8, 4) is 5.75 Å². The van der Waals surface area contributed by atoms with Crippen molar-refractivity contribution >= 4 is 5.69 Å². The third-order valence-corrected chi connectivity index (χ3v) is 4.72. The van der Waals surface area contributed by atoms with Crippen LogP contribution in [0.2, 0.25) is 0 Å². The fraction of sp³-hybridized carbons (Fsp3) is 0.400. The lowest BCUT2D eigenvalue weighted by Gasteiger charge is -2.30. The Kier molecular flexibility index (Phi) is 5.19. The quantitative estimate of drug-likeness (QED) is 0.789. The third kappa shape index (κ3) is 2.88. The average Bonchev–Trinajstić information content (AvgIpc) is 2.81. The number of likely N-dealkylation sites (N-methyl/N-ethyl adjacent to an activating group) is 1. The molecule has 1 N–H and O–H groups in total. The SMILES string of the molecule is C=C/C=C(/CC1(C)/C(=C/C)N(CC)c2ccc(OC)cc21)NC. The van der Waals surface area contributed by atoms with Gasteiger partial charge < -0.3 is 15.0 Å². The van der Waals surface area contributed by atoms with Gasteiger partial charge >= 0.3 is 0 Å². The van der Waals surface area contributed by atoms with Crippen LogP contribution < -0.4 is 15.0 Å². The van der Waals surface area contributed by atoms with E-state index in [4.69, 9.17) is 4.74 Å². The second kappa shape index (κ2) is 6.95. The molecule has 1 heterocycles. The van der Waals surface area contributed by atoms with Crippen molar-refractivity contribution in [1.82, 2.24) is 5.32 Å². The van der Waals surface area contributed by atoms with Gasteiger partial charge in [0.15, 0.2) is 0 Å². The Morgan fingerprint density at radius 1 is 1.43 bits per heavy atom. The van der Waals surface area contributed by atoms with Crippen LogP contribution in [0.4, 0.5) is 5.69 Å². The highest BCUT2D eigenvalue weighted by molar-refractivity contribution is 5.72. The number of nitrogens with one attached hydrogen (secondary N) is 1. The Bertz CT molecular complexity index is 645. The molecule has 0 fully saturated rings. The molecule has 23 heavy (non-hydrogen) atoms. The molecule has 0 saturated heterocycles. The van der Waals surface area contributed by atoms with E-state index in [1.54, 1.807) is 7.11 Å². The number of allylic oxidation sites excluding steroid dienone is 5. The number of nitrogens with zero attached hydrogens (tertiary/aromatic N) is 1. The fourth-order valence-corrected chi connectivity index (χ4v) is 3.64. The van der Waals surface area contributed by atoms with Crippen LogP contribution >= 0.6 is 0 Å². The molecule has 1 unspecified atom stereocenters. The summed E-state index contributed by atoms with van der Waals surface area (Å²) in [6.45, 7) is 11.4. The van der Waals surface area contributed by atoms with Gasteiger partial charge in [-0.1, -0.05) is 18.7 Å². The molecular formula is C20H28N2O. The molecule has 1 aromatic carbocycles. The first-order valence-electron chi connectivity index (χ1n) is 8.17. The summed E-state index contributed by atoms with van der Waals surface area (Å²) in [5, 5.41) is 3.30. The molecule has 1 aliphatic rings. The number of benzene rings is 1. The second-order valence-corrected chi connectivity index (χ2v) is 5.99. The number of methoxy groups -OCH3 is 1. The lowest BCUT2D eigenvalue weighted by molar-refractivity contribution is 0.413. The van der Waals surface area contributed by atoms with Crippen molar-refractivity contribution < 1.29 is 4.74 Å². The fourth-order valence-electron chi connectivity index (χ4n) is 3.64. The van der Waals surface area contributed by atoms with Crippen LogP contribution in [0.3, 0.4) is 0 Å². The largest absolute Gasteiger partial charge is 0.497 e. The van der Waals surface area contributed by atoms with Crippen LogP contribution in [0.5, 0.6) is 5.75 Å². The predicted octanol–water partition coefficient (Wildman–Crippen LogP) is 4.38. The van der Waals surface area contributed by atoms with Crippen molar-refractivity contribution in [1.29, 1.82) is 0 Å². The minimum absolute atomic E-state index is 0.0908. The molecule has 1 aromatic rings. The van der Waals surface area contributed by atoms with E-state index in [1.807, 2.05) is 25.3 Å². The average molecular weight is 312 g/mol. The highest BCUT2D eigenvalue weighted by atomic mass is 16.5. The van der Waals surface area contributed by atoms with Gasteiger partial charge in [0.25, 0.3) is 0 Å². The maximum atomic E-state index is 5.46. The molecule has 1 aliphatic heterocycles. The summed E-state index contributed by atoms with van der Waals surface area (Å²) >= 11 is 0. The van der Waals surface area contributed by atoms with E-state index in [1.165, 1.54) is 22.6 Å². The molecule has 0 saturated carbocycles. The molecule has 0 amide bonds. The summed E-state index contributed by atoms with van der Waals surface area (Å²) in [7, 11) is 3.69. The number of anilines is 1. The van der Waals surface area contributed by atoms with Gasteiger partial charge in [-0.2, -0.15) is 0 Å². The highest BCUT2D eigenvalue weighted by Gasteiger charge is 2.43. The minimum atomic E-state index is -0.0908. The molecule has 0 aliphatic carbocycles. The zero-order chi connectivity index (χ0) is 17.0. The van der Waals surface area contributed by atoms with Crippen molar-refractivity contribution in [2.75, 3.05) is 25.6 Å². The third-order valence-electron chi connectivity index (χ3n) is 4.72. The number of hydrogen-bond donors (Lipinski definition) is 1. The molecule has 0 spiro atoms. The van der Waals surface area contributed by atoms with Crippen LogP contribution in [0.1, 0.15) is 32.8 Å². The Morgan fingerprint density at radius 3 is 2.70 bits per heavy atom. The first-order valence-corrected chi connectivity index (χ1v) is 8.17. The van der Waals surface area contributed by atoms with E-state index in [9.17, 15) is 0 Å². The van der Waals surface area contributed by atoms with Gasteiger partial charge in [0.05, 0.1) is 7.11 Å². The maximum absolute atomic E-state index is 5.46. The maximum Gasteiger partial charge on any atom is 0.119 e. The van der Waals surface area contributed by atoms with Gasteiger partial charge in [-0.05, 0) is 50.6 Å². The van der Waals surface area contributed by atoms with Gasteiger partial charge in [0.2, 0.25) is 0 Å². The first kappa shape index (κ1) is 17.2. The van der Waals surface area contributed by atoms with Crippen molar-refractivity contribution in [2.45, 2.75) is 32.6 Å². The Hall–Kier alpha value is -2.16. The molecule has 2 rings (SSSR count). The van der Waals surface area contributed by atoms with E-state index in [2.05, 4.69) is 55.8 Å². The van der Waals surface area contributed by atoms with Crippen molar-refractivity contribution in [3.63, 3.8) is 0 Å². The minimum Gasteiger partial charge on any atom is -0.497 e. The molecule has 0 aromatic heterocycles. The number of ether oxygens (including phenoxy) is 1. The standard InChI is InChI=1S/C20H28N2O/c1-7-10-15(21-5)14-20(4)17-13-16(23-6)11-12-18(17)22(9-3)19(20)8-2/h7-8,10-13,21H,1,9,14H2,2-6H3/b15-10-,19-8-. The van der Waals surface area contributed by atoms with Gasteiger partial charge in [-0.15, -0.1) is 0 Å². The Morgan fingerprint density at radius 2 is 2.17 bits per heavy atom. The molecule has 1 atom stereocenters. The van der Waals surface area contributed by atoms with E-state index in [0.717, 1.165) is 18.7 Å². The zero-order valence-corrected chi connectivity index (χ0v) is 14.9. The molecule has 0 bridgehead atoms. The van der Waals surface area contributed by atoms with Crippen LogP contribution in [0, 0.1) is 0 Å². The predicted molar refractivity (Wildman–Crippen MR) is 99.1 cm³/mol. The van der Waals surface area contributed by atoms with Crippen LogP contribution in [0.25, 0.3) is 0 Å². The monoisotopic (exact) mass is 312 g/mol. The lowest BCUT2D eigenvalue weighted by Crippen LogP contribution is -2.30. The smallest absolute Gasteiger partial charge is 0.119 e. The van der Waals surface area contributed by atoms with Gasteiger partial charge in [-0.25, -0.2) is 0 Å². The van der Waals surface area contributed by atoms with Crippen molar-refractivity contribution in [2.24, 2.45) is 0 Å². The van der Waals surface area contributed by atoms with Gasteiger partial charge in [0, 0.05) is 42.5 Å². The summed E-state index contributed by atoms with van der Waals surface area (Å²) in [5.74, 6) is 0.905. The van der Waals surface area contributed by atoms with E-state index >= 15 is 0 Å².